The van der Waals surface area contributed by atoms with E-state index < -0.39 is 23.9 Å². The van der Waals surface area contributed by atoms with Gasteiger partial charge in [-0.1, -0.05) is 72.8 Å². The van der Waals surface area contributed by atoms with Crippen LogP contribution in [0.15, 0.2) is 86.0 Å². The lowest BCUT2D eigenvalue weighted by atomic mass is 9.96. The Balaban J connectivity index is 2.06. The minimum Gasteiger partial charge on any atom is -0.463 e. The predicted molar refractivity (Wildman–Crippen MR) is 155 cm³/mol. The van der Waals surface area contributed by atoms with E-state index >= 15 is 0 Å². The first kappa shape index (κ1) is 32.5. The summed E-state index contributed by atoms with van der Waals surface area (Å²) in [5.41, 5.74) is 1.99. The lowest BCUT2D eigenvalue weighted by Gasteiger charge is -2.23. The zero-order chi connectivity index (χ0) is 29.2. The van der Waals surface area contributed by atoms with Gasteiger partial charge in [0.25, 0.3) is 0 Å². The first-order chi connectivity index (χ1) is 19.4. The number of allylic oxidation sites excluding steroid dienone is 2. The largest absolute Gasteiger partial charge is 0.463 e. The van der Waals surface area contributed by atoms with Crippen molar-refractivity contribution >= 4 is 17.8 Å². The summed E-state index contributed by atoms with van der Waals surface area (Å²) in [6.07, 6.45) is 4.45. The monoisotopic (exact) mass is 550 g/mol. The van der Waals surface area contributed by atoms with Gasteiger partial charge in [0.2, 0.25) is 11.8 Å². The Labute approximate surface area is 237 Å². The average Bonchev–Trinajstić information content (AvgIpc) is 2.96. The van der Waals surface area contributed by atoms with Gasteiger partial charge in [-0.05, 0) is 37.3 Å². The molecule has 3 N–H and O–H groups in total. The molecule has 0 bridgehead atoms. The van der Waals surface area contributed by atoms with Crippen LogP contribution in [0.25, 0.3) is 0 Å². The quantitative estimate of drug-likeness (QED) is 0.181. The van der Waals surface area contributed by atoms with Crippen molar-refractivity contribution in [3.05, 3.63) is 97.1 Å². The van der Waals surface area contributed by atoms with Crippen LogP contribution in [0.3, 0.4) is 0 Å². The molecule has 0 aliphatic rings. The van der Waals surface area contributed by atoms with Crippen LogP contribution in [0, 0.1) is 11.8 Å². The maximum atomic E-state index is 13.2. The summed E-state index contributed by atoms with van der Waals surface area (Å²) >= 11 is 0. The third-order valence-electron chi connectivity index (χ3n) is 6.25. The van der Waals surface area contributed by atoms with Crippen LogP contribution >= 0.6 is 0 Å². The fraction of sp³-hybridized carbons (Fsp3) is 0.406. The van der Waals surface area contributed by atoms with Crippen LogP contribution in [-0.4, -0.2) is 54.8 Å². The number of esters is 1. The minimum absolute atomic E-state index is 0.0714. The van der Waals surface area contributed by atoms with Crippen molar-refractivity contribution in [1.82, 2.24) is 10.6 Å². The van der Waals surface area contributed by atoms with Gasteiger partial charge in [0.05, 0.1) is 37.7 Å². The molecule has 2 rings (SSSR count). The highest BCUT2D eigenvalue weighted by molar-refractivity contribution is 5.86. The second-order valence-corrected chi connectivity index (χ2v) is 9.82. The van der Waals surface area contributed by atoms with Crippen LogP contribution < -0.4 is 10.6 Å². The zero-order valence-corrected chi connectivity index (χ0v) is 23.3. The number of ether oxygens (including phenoxy) is 2. The van der Waals surface area contributed by atoms with E-state index in [-0.39, 0.29) is 50.4 Å². The molecular weight excluding hydrogens is 508 g/mol. The van der Waals surface area contributed by atoms with Crippen molar-refractivity contribution in [2.45, 2.75) is 51.3 Å². The third-order valence-corrected chi connectivity index (χ3v) is 6.25. The highest BCUT2D eigenvalue weighted by Gasteiger charge is 2.26. The molecule has 0 saturated carbocycles. The fourth-order valence-corrected chi connectivity index (χ4v) is 4.09. The van der Waals surface area contributed by atoms with E-state index in [1.54, 1.807) is 19.1 Å². The van der Waals surface area contributed by atoms with Gasteiger partial charge >= 0.3 is 5.97 Å². The summed E-state index contributed by atoms with van der Waals surface area (Å²) in [6, 6.07) is 18.2. The average molecular weight is 551 g/mol. The standard InChI is InChI=1S/C32H42N2O6/c1-4-12-27(19-30(36)33-24(3)20-35)31(37)34-29(22-39-21-26-16-10-7-11-17-26)23-40-32(38)28(13-5-2)18-25-14-8-6-9-15-25/h4-11,14-17,24,27-29,35H,1-2,12-13,18-23H2,3H3,(H,33,36)(H,34,37)/t24-,27-,28+,29+/m1/s1. The number of carbonyl (C=O) groups excluding carboxylic acids is 3. The van der Waals surface area contributed by atoms with Crippen molar-refractivity contribution in [3.63, 3.8) is 0 Å². The summed E-state index contributed by atoms with van der Waals surface area (Å²) in [4.78, 5) is 38.6. The first-order valence-electron chi connectivity index (χ1n) is 13.6. The molecule has 0 saturated heterocycles. The smallest absolute Gasteiger partial charge is 0.309 e. The van der Waals surface area contributed by atoms with Crippen molar-refractivity contribution in [1.29, 1.82) is 0 Å². The van der Waals surface area contributed by atoms with Gasteiger partial charge in [-0.25, -0.2) is 0 Å². The van der Waals surface area contributed by atoms with Crippen LogP contribution in [0.1, 0.15) is 37.3 Å². The van der Waals surface area contributed by atoms with E-state index in [1.807, 2.05) is 60.7 Å². The van der Waals surface area contributed by atoms with Crippen molar-refractivity contribution in [2.75, 3.05) is 19.8 Å². The molecule has 8 heteroatoms. The lowest BCUT2D eigenvalue weighted by molar-refractivity contribution is -0.150. The maximum absolute atomic E-state index is 13.2. The van der Waals surface area contributed by atoms with Crippen molar-refractivity contribution in [2.24, 2.45) is 11.8 Å². The maximum Gasteiger partial charge on any atom is 0.309 e. The van der Waals surface area contributed by atoms with E-state index in [1.165, 1.54) is 0 Å². The van der Waals surface area contributed by atoms with Gasteiger partial charge in [-0.2, -0.15) is 0 Å². The molecule has 216 valence electrons. The molecule has 8 nitrogen and oxygen atoms in total. The molecule has 2 aromatic carbocycles. The minimum atomic E-state index is -0.678. The molecule has 0 fully saturated rings. The van der Waals surface area contributed by atoms with E-state index in [2.05, 4.69) is 23.8 Å². The molecule has 0 spiro atoms. The van der Waals surface area contributed by atoms with E-state index in [9.17, 15) is 19.5 Å². The van der Waals surface area contributed by atoms with E-state index in [4.69, 9.17) is 9.47 Å². The van der Waals surface area contributed by atoms with Crippen LogP contribution in [0.5, 0.6) is 0 Å². The fourth-order valence-electron chi connectivity index (χ4n) is 4.09. The van der Waals surface area contributed by atoms with Crippen molar-refractivity contribution in [3.8, 4) is 0 Å². The summed E-state index contributed by atoms with van der Waals surface area (Å²) in [6.45, 7) is 9.29. The summed E-state index contributed by atoms with van der Waals surface area (Å²) in [7, 11) is 0. The van der Waals surface area contributed by atoms with E-state index in [0.29, 0.717) is 19.4 Å². The molecule has 2 aromatic rings. The molecule has 0 unspecified atom stereocenters. The number of hydrogen-bond donors (Lipinski definition) is 3. The summed E-state index contributed by atoms with van der Waals surface area (Å²) in [5, 5.41) is 14.8. The zero-order valence-electron chi connectivity index (χ0n) is 23.3. The summed E-state index contributed by atoms with van der Waals surface area (Å²) < 4.78 is 11.5. The first-order valence-corrected chi connectivity index (χ1v) is 13.6. The normalized spacial score (nSPS) is 13.8. The molecule has 0 aromatic heterocycles. The topological polar surface area (TPSA) is 114 Å². The molecule has 4 atom stereocenters. The number of amides is 2. The number of benzene rings is 2. The number of aliphatic hydroxyl groups excluding tert-OH is 1. The number of aliphatic hydroxyl groups is 1. The molecule has 40 heavy (non-hydrogen) atoms. The Morgan fingerprint density at radius 1 is 0.875 bits per heavy atom. The number of hydrogen-bond acceptors (Lipinski definition) is 6. The van der Waals surface area contributed by atoms with Gasteiger partial charge in [-0.3, -0.25) is 14.4 Å². The third kappa shape index (κ3) is 12.4. The number of nitrogens with one attached hydrogen (secondary N) is 2. The van der Waals surface area contributed by atoms with Gasteiger partial charge in [0.15, 0.2) is 0 Å². The predicted octanol–water partition coefficient (Wildman–Crippen LogP) is 3.75. The SMILES string of the molecule is C=CC[C@H](CC(=O)N[C@H](C)CO)C(=O)N[C@@H](COCc1ccccc1)COC(=O)[C@@H](CC=C)Cc1ccccc1. The van der Waals surface area contributed by atoms with E-state index in [0.717, 1.165) is 11.1 Å². The second-order valence-electron chi connectivity index (χ2n) is 9.82. The lowest BCUT2D eigenvalue weighted by Crippen LogP contribution is -2.46. The Bertz CT molecular complexity index is 1060. The molecule has 0 aliphatic heterocycles. The number of rotatable bonds is 19. The highest BCUT2D eigenvalue weighted by Crippen LogP contribution is 2.16. The summed E-state index contributed by atoms with van der Waals surface area (Å²) in [5.74, 6) is -2.19. The van der Waals surface area contributed by atoms with Gasteiger partial charge in [0, 0.05) is 12.5 Å². The molecule has 0 radical (unpaired) electrons. The molecule has 2 amide bonds. The van der Waals surface area contributed by atoms with Gasteiger partial charge in [0.1, 0.15) is 6.61 Å². The highest BCUT2D eigenvalue weighted by atomic mass is 16.5. The Hall–Kier alpha value is -3.75. The second kappa shape index (κ2) is 18.5. The molecule has 0 aliphatic carbocycles. The van der Waals surface area contributed by atoms with Gasteiger partial charge in [-0.15, -0.1) is 13.2 Å². The Morgan fingerprint density at radius 2 is 1.48 bits per heavy atom. The Morgan fingerprint density at radius 3 is 2.08 bits per heavy atom. The van der Waals surface area contributed by atoms with Crippen LogP contribution in [-0.2, 0) is 36.9 Å². The van der Waals surface area contributed by atoms with Crippen LogP contribution in [0.2, 0.25) is 0 Å². The molecular formula is C32H42N2O6. The number of carbonyl (C=O) groups is 3. The Kier molecular flexibility index (Phi) is 15.0. The van der Waals surface area contributed by atoms with Crippen molar-refractivity contribution < 1.29 is 29.0 Å². The van der Waals surface area contributed by atoms with Crippen LogP contribution in [0.4, 0.5) is 0 Å². The molecule has 0 heterocycles. The van der Waals surface area contributed by atoms with Gasteiger partial charge < -0.3 is 25.2 Å².